The highest BCUT2D eigenvalue weighted by Crippen LogP contribution is 2.31. The van der Waals surface area contributed by atoms with Gasteiger partial charge < -0.3 is 4.74 Å². The molecule has 0 aliphatic heterocycles. The van der Waals surface area contributed by atoms with Crippen molar-refractivity contribution < 1.29 is 17.9 Å². The normalized spacial score (nSPS) is 11.0. The Labute approximate surface area is 120 Å². The van der Waals surface area contributed by atoms with Crippen LogP contribution in [0.5, 0.6) is 5.75 Å². The van der Waals surface area contributed by atoms with Crippen molar-refractivity contribution in [2.24, 2.45) is 0 Å². The Bertz CT molecular complexity index is 714. The minimum Gasteiger partial charge on any atom is -0.406 e. The lowest BCUT2D eigenvalue weighted by atomic mass is 9.97. The predicted octanol–water partition coefficient (Wildman–Crippen LogP) is 4.74. The highest BCUT2D eigenvalue weighted by atomic mass is 19.4. The van der Waals surface area contributed by atoms with Crippen LogP contribution in [0.4, 0.5) is 13.2 Å². The average molecular weight is 291 g/mol. The Morgan fingerprint density at radius 2 is 1.76 bits per heavy atom. The number of hydrogen-bond acceptors (Lipinski definition) is 2. The molecular weight excluding hydrogens is 279 g/mol. The van der Waals surface area contributed by atoms with Crippen LogP contribution in [0.1, 0.15) is 16.7 Å². The molecule has 0 radical (unpaired) electrons. The summed E-state index contributed by atoms with van der Waals surface area (Å²) in [6, 6.07) is 11.4. The second-order valence-electron chi connectivity index (χ2n) is 4.72. The van der Waals surface area contributed by atoms with E-state index in [2.05, 4.69) is 4.74 Å². The Morgan fingerprint density at radius 3 is 2.33 bits per heavy atom. The summed E-state index contributed by atoms with van der Waals surface area (Å²) < 4.78 is 40.9. The highest BCUT2D eigenvalue weighted by Gasteiger charge is 2.31. The van der Waals surface area contributed by atoms with Crippen LogP contribution in [-0.2, 0) is 0 Å². The van der Waals surface area contributed by atoms with Crippen LogP contribution in [0.3, 0.4) is 0 Å². The second kappa shape index (κ2) is 5.49. The van der Waals surface area contributed by atoms with Gasteiger partial charge in [0.2, 0.25) is 0 Å². The van der Waals surface area contributed by atoms with Gasteiger partial charge in [-0.2, -0.15) is 5.26 Å². The van der Waals surface area contributed by atoms with E-state index in [1.54, 1.807) is 6.07 Å². The molecule has 5 heteroatoms. The van der Waals surface area contributed by atoms with Crippen molar-refractivity contribution >= 4 is 0 Å². The summed E-state index contributed by atoms with van der Waals surface area (Å²) in [5.41, 5.74) is 3.38. The summed E-state index contributed by atoms with van der Waals surface area (Å²) in [6.07, 6.45) is -4.78. The van der Waals surface area contributed by atoms with Crippen molar-refractivity contribution in [3.8, 4) is 22.9 Å². The molecule has 108 valence electrons. The maximum absolute atomic E-state index is 12.3. The van der Waals surface area contributed by atoms with Crippen LogP contribution in [0.2, 0.25) is 0 Å². The molecule has 21 heavy (non-hydrogen) atoms. The monoisotopic (exact) mass is 291 g/mol. The van der Waals surface area contributed by atoms with Gasteiger partial charge in [0.15, 0.2) is 0 Å². The van der Waals surface area contributed by atoms with Crippen molar-refractivity contribution in [3.63, 3.8) is 0 Å². The van der Waals surface area contributed by atoms with Crippen LogP contribution in [0.15, 0.2) is 36.4 Å². The third-order valence-corrected chi connectivity index (χ3v) is 2.96. The molecule has 2 aromatic carbocycles. The summed E-state index contributed by atoms with van der Waals surface area (Å²) >= 11 is 0. The van der Waals surface area contributed by atoms with E-state index in [0.717, 1.165) is 22.8 Å². The van der Waals surface area contributed by atoms with E-state index in [1.807, 2.05) is 38.1 Å². The van der Waals surface area contributed by atoms with Crippen LogP contribution < -0.4 is 4.74 Å². The lowest BCUT2D eigenvalue weighted by Crippen LogP contribution is -2.17. The zero-order chi connectivity index (χ0) is 15.6. The molecule has 0 amide bonds. The maximum Gasteiger partial charge on any atom is 0.573 e. The van der Waals surface area contributed by atoms with E-state index in [-0.39, 0.29) is 5.56 Å². The summed E-state index contributed by atoms with van der Waals surface area (Å²) in [7, 11) is 0. The van der Waals surface area contributed by atoms with Crippen molar-refractivity contribution in [3.05, 3.63) is 53.1 Å². The van der Waals surface area contributed by atoms with Gasteiger partial charge >= 0.3 is 6.36 Å². The quantitative estimate of drug-likeness (QED) is 0.800. The third kappa shape index (κ3) is 3.76. The molecule has 2 rings (SSSR count). The van der Waals surface area contributed by atoms with E-state index < -0.39 is 12.1 Å². The lowest BCUT2D eigenvalue weighted by molar-refractivity contribution is -0.274. The molecule has 0 aromatic heterocycles. The van der Waals surface area contributed by atoms with Crippen molar-refractivity contribution in [2.45, 2.75) is 20.2 Å². The van der Waals surface area contributed by atoms with Crippen LogP contribution >= 0.6 is 0 Å². The van der Waals surface area contributed by atoms with Gasteiger partial charge in [0.25, 0.3) is 0 Å². The third-order valence-electron chi connectivity index (χ3n) is 2.96. The number of nitriles is 1. The SMILES string of the molecule is Cc1ccc(-c2cc(C#N)cc(OC(F)(F)F)c2)c(C)c1. The van der Waals surface area contributed by atoms with Crippen molar-refractivity contribution in [1.82, 2.24) is 0 Å². The number of ether oxygens (including phenoxy) is 1. The first-order chi connectivity index (χ1) is 9.78. The molecule has 0 N–H and O–H groups in total. The smallest absolute Gasteiger partial charge is 0.406 e. The fraction of sp³-hybridized carbons (Fsp3) is 0.188. The average Bonchev–Trinajstić information content (AvgIpc) is 2.36. The van der Waals surface area contributed by atoms with E-state index in [9.17, 15) is 13.2 Å². The molecule has 0 saturated carbocycles. The molecule has 0 spiro atoms. The lowest BCUT2D eigenvalue weighted by Gasteiger charge is -2.12. The molecular formula is C16H12F3NO. The van der Waals surface area contributed by atoms with Gasteiger partial charge in [-0.25, -0.2) is 0 Å². The molecule has 0 saturated heterocycles. The van der Waals surface area contributed by atoms with Crippen LogP contribution in [0.25, 0.3) is 11.1 Å². The zero-order valence-electron chi connectivity index (χ0n) is 11.5. The van der Waals surface area contributed by atoms with E-state index in [0.29, 0.717) is 5.56 Å². The number of alkyl halides is 3. The number of benzene rings is 2. The number of aryl methyl sites for hydroxylation is 2. The van der Waals surface area contributed by atoms with Gasteiger partial charge in [0, 0.05) is 0 Å². The van der Waals surface area contributed by atoms with Crippen molar-refractivity contribution in [2.75, 3.05) is 0 Å². The van der Waals surface area contributed by atoms with Gasteiger partial charge in [-0.15, -0.1) is 13.2 Å². The van der Waals surface area contributed by atoms with Crippen molar-refractivity contribution in [1.29, 1.82) is 5.26 Å². The first-order valence-electron chi connectivity index (χ1n) is 6.17. The molecule has 2 aromatic rings. The van der Waals surface area contributed by atoms with Gasteiger partial charge in [0.05, 0.1) is 11.6 Å². The van der Waals surface area contributed by atoms with Crippen LogP contribution in [0, 0.1) is 25.2 Å². The molecule has 0 unspecified atom stereocenters. The Morgan fingerprint density at radius 1 is 1.05 bits per heavy atom. The first kappa shape index (κ1) is 14.9. The Hall–Kier alpha value is -2.48. The molecule has 0 fully saturated rings. The molecule has 0 bridgehead atoms. The number of nitrogens with zero attached hydrogens (tertiary/aromatic N) is 1. The summed E-state index contributed by atoms with van der Waals surface area (Å²) in [5.74, 6) is -0.392. The fourth-order valence-corrected chi connectivity index (χ4v) is 2.15. The molecule has 0 atom stereocenters. The van der Waals surface area contributed by atoms with Gasteiger partial charge in [-0.3, -0.25) is 0 Å². The number of rotatable bonds is 2. The minimum absolute atomic E-state index is 0.117. The van der Waals surface area contributed by atoms with Gasteiger partial charge in [-0.05, 0) is 48.7 Å². The van der Waals surface area contributed by atoms with E-state index >= 15 is 0 Å². The minimum atomic E-state index is -4.78. The maximum atomic E-state index is 12.3. The Kier molecular flexibility index (Phi) is 3.90. The molecule has 0 aliphatic rings. The first-order valence-corrected chi connectivity index (χ1v) is 6.17. The van der Waals surface area contributed by atoms with Crippen LogP contribution in [-0.4, -0.2) is 6.36 Å². The fourth-order valence-electron chi connectivity index (χ4n) is 2.15. The summed E-state index contributed by atoms with van der Waals surface area (Å²) in [6.45, 7) is 3.80. The van der Waals surface area contributed by atoms with Gasteiger partial charge in [-0.1, -0.05) is 23.8 Å². The molecule has 2 nitrogen and oxygen atoms in total. The topological polar surface area (TPSA) is 33.0 Å². The summed E-state index contributed by atoms with van der Waals surface area (Å²) in [5, 5.41) is 8.96. The molecule has 0 aliphatic carbocycles. The number of halogens is 3. The largest absolute Gasteiger partial charge is 0.573 e. The Balaban J connectivity index is 2.53. The second-order valence-corrected chi connectivity index (χ2v) is 4.72. The standard InChI is InChI=1S/C16H12F3NO/c1-10-3-4-15(11(2)5-10)13-6-12(9-20)7-14(8-13)21-16(17,18)19/h3-8H,1-2H3. The number of hydrogen-bond donors (Lipinski definition) is 0. The van der Waals surface area contributed by atoms with Gasteiger partial charge in [0.1, 0.15) is 5.75 Å². The highest BCUT2D eigenvalue weighted by molar-refractivity contribution is 5.70. The predicted molar refractivity (Wildman–Crippen MR) is 72.8 cm³/mol. The molecule has 0 heterocycles. The summed E-state index contributed by atoms with van der Waals surface area (Å²) in [4.78, 5) is 0. The zero-order valence-corrected chi connectivity index (χ0v) is 11.5. The van der Waals surface area contributed by atoms with E-state index in [1.165, 1.54) is 6.07 Å². The van der Waals surface area contributed by atoms with E-state index in [4.69, 9.17) is 5.26 Å².